The van der Waals surface area contributed by atoms with Crippen molar-refractivity contribution in [2.45, 2.75) is 37.3 Å². The van der Waals surface area contributed by atoms with Crippen LogP contribution in [0.5, 0.6) is 0 Å². The maximum Gasteiger partial charge on any atom is 0.239 e. The Hall–Kier alpha value is -0.650. The molecule has 5 nitrogen and oxygen atoms in total. The Kier molecular flexibility index (Phi) is 3.30. The van der Waals surface area contributed by atoms with Gasteiger partial charge in [0.15, 0.2) is 0 Å². The second kappa shape index (κ2) is 4.79. The molecule has 0 bridgehead atoms. The second-order valence-electron chi connectivity index (χ2n) is 5.94. The van der Waals surface area contributed by atoms with E-state index in [0.29, 0.717) is 0 Å². The largest absolute Gasteiger partial charge is 0.368 e. The van der Waals surface area contributed by atoms with Gasteiger partial charge in [0.05, 0.1) is 0 Å². The van der Waals surface area contributed by atoms with Gasteiger partial charge >= 0.3 is 0 Å². The van der Waals surface area contributed by atoms with Crippen molar-refractivity contribution in [3.8, 4) is 0 Å². The van der Waals surface area contributed by atoms with Gasteiger partial charge in [-0.25, -0.2) is 0 Å². The van der Waals surface area contributed by atoms with Crippen LogP contribution in [0.3, 0.4) is 0 Å². The molecule has 102 valence electrons. The molecule has 0 aromatic carbocycles. The third-order valence-corrected chi connectivity index (χ3v) is 4.74. The molecule has 1 amide bonds. The van der Waals surface area contributed by atoms with E-state index in [1.807, 2.05) is 0 Å². The highest BCUT2D eigenvalue weighted by molar-refractivity contribution is 5.85. The molecule has 5 heteroatoms. The maximum atomic E-state index is 12.1. The number of rotatable bonds is 3. The van der Waals surface area contributed by atoms with E-state index in [4.69, 9.17) is 5.73 Å². The first-order chi connectivity index (χ1) is 8.72. The Morgan fingerprint density at radius 3 is 2.78 bits per heavy atom. The molecule has 3 fully saturated rings. The predicted octanol–water partition coefficient (Wildman–Crippen LogP) is -0.626. The summed E-state index contributed by atoms with van der Waals surface area (Å²) < 4.78 is 0. The molecule has 1 aliphatic carbocycles. The number of amides is 1. The summed E-state index contributed by atoms with van der Waals surface area (Å²) in [5, 5.41) is 3.40. The van der Waals surface area contributed by atoms with Gasteiger partial charge in [0, 0.05) is 38.8 Å². The van der Waals surface area contributed by atoms with Crippen LogP contribution in [-0.4, -0.2) is 66.6 Å². The van der Waals surface area contributed by atoms with E-state index in [0.717, 1.165) is 58.2 Å². The van der Waals surface area contributed by atoms with Gasteiger partial charge in [-0.2, -0.15) is 0 Å². The van der Waals surface area contributed by atoms with E-state index in [1.54, 1.807) is 0 Å². The van der Waals surface area contributed by atoms with Gasteiger partial charge in [0.25, 0.3) is 0 Å². The molecular formula is C13H24N4O. The predicted molar refractivity (Wildman–Crippen MR) is 70.2 cm³/mol. The van der Waals surface area contributed by atoms with Crippen LogP contribution in [0.25, 0.3) is 0 Å². The van der Waals surface area contributed by atoms with Crippen LogP contribution >= 0.6 is 0 Å². The lowest BCUT2D eigenvalue weighted by Crippen LogP contribution is -2.60. The first kappa shape index (κ1) is 12.4. The average molecular weight is 252 g/mol. The first-order valence-corrected chi connectivity index (χ1v) is 7.22. The smallest absolute Gasteiger partial charge is 0.239 e. The van der Waals surface area contributed by atoms with Crippen molar-refractivity contribution < 1.29 is 4.79 Å². The van der Waals surface area contributed by atoms with Gasteiger partial charge in [0.2, 0.25) is 5.91 Å². The number of nitrogens with two attached hydrogens (primary N) is 1. The van der Waals surface area contributed by atoms with Crippen LogP contribution in [0.2, 0.25) is 0 Å². The average Bonchev–Trinajstić information content (AvgIpc) is 3.15. The third-order valence-electron chi connectivity index (χ3n) is 4.74. The third kappa shape index (κ3) is 2.15. The zero-order valence-corrected chi connectivity index (χ0v) is 11.0. The van der Waals surface area contributed by atoms with Crippen molar-refractivity contribution in [3.63, 3.8) is 0 Å². The maximum absolute atomic E-state index is 12.1. The second-order valence-corrected chi connectivity index (χ2v) is 5.94. The highest BCUT2D eigenvalue weighted by Gasteiger charge is 2.50. The summed E-state index contributed by atoms with van der Waals surface area (Å²) in [6.07, 6.45) is 4.63. The number of primary amides is 1. The first-order valence-electron chi connectivity index (χ1n) is 7.22. The highest BCUT2D eigenvalue weighted by Crippen LogP contribution is 2.36. The van der Waals surface area contributed by atoms with Crippen molar-refractivity contribution in [3.05, 3.63) is 0 Å². The van der Waals surface area contributed by atoms with Crippen molar-refractivity contribution in [2.24, 2.45) is 5.73 Å². The van der Waals surface area contributed by atoms with Gasteiger partial charge in [-0.15, -0.1) is 0 Å². The van der Waals surface area contributed by atoms with Crippen LogP contribution in [0.4, 0.5) is 0 Å². The summed E-state index contributed by atoms with van der Waals surface area (Å²) >= 11 is 0. The molecule has 2 saturated heterocycles. The quantitative estimate of drug-likeness (QED) is 0.702. The van der Waals surface area contributed by atoms with Gasteiger partial charge in [-0.05, 0) is 32.2 Å². The summed E-state index contributed by atoms with van der Waals surface area (Å²) in [6.45, 7) is 5.86. The number of carbonyl (C=O) groups is 1. The lowest BCUT2D eigenvalue weighted by atomic mass is 9.94. The van der Waals surface area contributed by atoms with E-state index in [1.165, 1.54) is 12.8 Å². The fourth-order valence-corrected chi connectivity index (χ4v) is 3.46. The molecule has 18 heavy (non-hydrogen) atoms. The molecule has 2 aliphatic heterocycles. The Labute approximate surface area is 109 Å². The molecule has 1 saturated carbocycles. The SMILES string of the molecule is NC(=O)C1(N2CCCNCC2)CCN(C2CC2)C1. The molecule has 1 unspecified atom stereocenters. The molecule has 0 radical (unpaired) electrons. The van der Waals surface area contributed by atoms with Crippen molar-refractivity contribution in [2.75, 3.05) is 39.3 Å². The van der Waals surface area contributed by atoms with Crippen molar-refractivity contribution in [1.29, 1.82) is 0 Å². The minimum Gasteiger partial charge on any atom is -0.368 e. The van der Waals surface area contributed by atoms with Crippen LogP contribution in [0.1, 0.15) is 25.7 Å². The molecule has 0 aromatic rings. The lowest BCUT2D eigenvalue weighted by molar-refractivity contribution is -0.129. The van der Waals surface area contributed by atoms with Crippen LogP contribution in [0, 0.1) is 0 Å². The summed E-state index contributed by atoms with van der Waals surface area (Å²) in [6, 6.07) is 0.733. The summed E-state index contributed by atoms with van der Waals surface area (Å²) in [5.41, 5.74) is 5.38. The number of carbonyl (C=O) groups excluding carboxylic acids is 1. The number of hydrogen-bond donors (Lipinski definition) is 2. The monoisotopic (exact) mass is 252 g/mol. The molecule has 0 aromatic heterocycles. The summed E-state index contributed by atoms with van der Waals surface area (Å²) in [4.78, 5) is 16.9. The zero-order valence-electron chi connectivity index (χ0n) is 11.0. The normalized spacial score (nSPS) is 35.6. The molecule has 1 atom stereocenters. The van der Waals surface area contributed by atoms with E-state index in [9.17, 15) is 4.79 Å². The van der Waals surface area contributed by atoms with E-state index in [2.05, 4.69) is 15.1 Å². The van der Waals surface area contributed by atoms with Crippen LogP contribution < -0.4 is 11.1 Å². The topological polar surface area (TPSA) is 61.6 Å². The fourth-order valence-electron chi connectivity index (χ4n) is 3.46. The molecule has 2 heterocycles. The van der Waals surface area contributed by atoms with E-state index >= 15 is 0 Å². The lowest BCUT2D eigenvalue weighted by Gasteiger charge is -2.38. The highest BCUT2D eigenvalue weighted by atomic mass is 16.1. The van der Waals surface area contributed by atoms with E-state index in [-0.39, 0.29) is 5.91 Å². The summed E-state index contributed by atoms with van der Waals surface area (Å²) in [7, 11) is 0. The van der Waals surface area contributed by atoms with Gasteiger partial charge in [-0.1, -0.05) is 0 Å². The minimum absolute atomic E-state index is 0.118. The molecular weight excluding hydrogens is 228 g/mol. The number of likely N-dealkylation sites (tertiary alicyclic amines) is 1. The number of nitrogens with one attached hydrogen (secondary N) is 1. The standard InChI is InChI=1S/C13H24N4O/c14-12(18)13(17-7-1-5-15-6-9-17)4-8-16(10-13)11-2-3-11/h11,15H,1-10H2,(H2,14,18). The number of nitrogens with zero attached hydrogens (tertiary/aromatic N) is 2. The van der Waals surface area contributed by atoms with Crippen molar-refractivity contribution >= 4 is 5.91 Å². The van der Waals surface area contributed by atoms with Gasteiger partial charge in [0.1, 0.15) is 5.54 Å². The fraction of sp³-hybridized carbons (Fsp3) is 0.923. The molecule has 3 rings (SSSR count). The minimum atomic E-state index is -0.394. The Morgan fingerprint density at radius 1 is 1.22 bits per heavy atom. The molecule has 3 N–H and O–H groups in total. The summed E-state index contributed by atoms with van der Waals surface area (Å²) in [5.74, 6) is -0.118. The molecule has 0 spiro atoms. The van der Waals surface area contributed by atoms with Gasteiger partial charge in [-0.3, -0.25) is 14.6 Å². The molecule has 3 aliphatic rings. The Bertz CT molecular complexity index is 323. The Morgan fingerprint density at radius 2 is 2.06 bits per heavy atom. The van der Waals surface area contributed by atoms with E-state index < -0.39 is 5.54 Å². The van der Waals surface area contributed by atoms with Crippen molar-refractivity contribution in [1.82, 2.24) is 15.1 Å². The zero-order chi connectivity index (χ0) is 12.6. The van der Waals surface area contributed by atoms with Crippen LogP contribution in [-0.2, 0) is 4.79 Å². The number of hydrogen-bond acceptors (Lipinski definition) is 4. The van der Waals surface area contributed by atoms with Gasteiger partial charge < -0.3 is 11.1 Å². The Balaban J connectivity index is 1.75. The van der Waals surface area contributed by atoms with Crippen LogP contribution in [0.15, 0.2) is 0 Å².